The van der Waals surface area contributed by atoms with Crippen LogP contribution in [-0.4, -0.2) is 32.6 Å². The number of hydrogen-bond donors (Lipinski definition) is 2. The second kappa shape index (κ2) is 12.1. The van der Waals surface area contributed by atoms with E-state index in [0.717, 1.165) is 15.6 Å². The highest BCUT2D eigenvalue weighted by molar-refractivity contribution is 9.10. The molecule has 2 amide bonds. The van der Waals surface area contributed by atoms with Crippen molar-refractivity contribution in [1.29, 1.82) is 0 Å². The zero-order valence-electron chi connectivity index (χ0n) is 20.3. The van der Waals surface area contributed by atoms with E-state index < -0.39 is 0 Å². The van der Waals surface area contributed by atoms with Crippen LogP contribution in [0.1, 0.15) is 10.4 Å². The molecular formula is C29H25BrN2O5. The van der Waals surface area contributed by atoms with Crippen LogP contribution < -0.4 is 24.8 Å². The van der Waals surface area contributed by atoms with Gasteiger partial charge < -0.3 is 24.8 Å². The Morgan fingerprint density at radius 3 is 1.89 bits per heavy atom. The Balaban J connectivity index is 1.43. The standard InChI is InChI=1S/C29H25BrN2O5/c1-35-26-17-24(32-29(34)20-11-7-4-8-12-20)27(36-2)16-23(26)31-28(33)18-37-25-14-13-21(15-22(25)30)19-9-5-3-6-10-19/h3-17H,18H2,1-2H3,(H,31,33)(H,32,34). The number of nitrogens with one attached hydrogen (secondary N) is 2. The number of amides is 2. The van der Waals surface area contributed by atoms with Crippen LogP contribution in [0.2, 0.25) is 0 Å². The van der Waals surface area contributed by atoms with Gasteiger partial charge >= 0.3 is 0 Å². The molecule has 0 saturated carbocycles. The largest absolute Gasteiger partial charge is 0.494 e. The Morgan fingerprint density at radius 1 is 0.703 bits per heavy atom. The SMILES string of the molecule is COc1cc(NC(=O)c2ccccc2)c(OC)cc1NC(=O)COc1ccc(-c2ccccc2)cc1Br. The van der Waals surface area contributed by atoms with Crippen molar-refractivity contribution in [1.82, 2.24) is 0 Å². The predicted molar refractivity (Wildman–Crippen MR) is 148 cm³/mol. The molecule has 2 N–H and O–H groups in total. The van der Waals surface area contributed by atoms with Crippen LogP contribution in [0.3, 0.4) is 0 Å². The molecule has 0 heterocycles. The highest BCUT2D eigenvalue weighted by Crippen LogP contribution is 2.37. The number of carbonyl (C=O) groups excluding carboxylic acids is 2. The van der Waals surface area contributed by atoms with Gasteiger partial charge in [0.2, 0.25) is 0 Å². The summed E-state index contributed by atoms with van der Waals surface area (Å²) in [7, 11) is 2.95. The van der Waals surface area contributed by atoms with Gasteiger partial charge in [0.15, 0.2) is 6.61 Å². The van der Waals surface area contributed by atoms with Crippen LogP contribution in [-0.2, 0) is 4.79 Å². The Morgan fingerprint density at radius 2 is 1.30 bits per heavy atom. The summed E-state index contributed by atoms with van der Waals surface area (Å²) in [4.78, 5) is 25.3. The minimum absolute atomic E-state index is 0.221. The van der Waals surface area contributed by atoms with Crippen molar-refractivity contribution in [2.24, 2.45) is 0 Å². The number of hydrogen-bond acceptors (Lipinski definition) is 5. The summed E-state index contributed by atoms with van der Waals surface area (Å²) in [5.41, 5.74) is 3.40. The molecule has 0 unspecified atom stereocenters. The van der Waals surface area contributed by atoms with E-state index >= 15 is 0 Å². The number of anilines is 2. The van der Waals surface area contributed by atoms with E-state index in [4.69, 9.17) is 14.2 Å². The highest BCUT2D eigenvalue weighted by atomic mass is 79.9. The molecule has 37 heavy (non-hydrogen) atoms. The number of carbonyl (C=O) groups is 2. The summed E-state index contributed by atoms with van der Waals surface area (Å²) < 4.78 is 17.3. The first-order valence-corrected chi connectivity index (χ1v) is 12.2. The first-order valence-electron chi connectivity index (χ1n) is 11.4. The molecule has 0 spiro atoms. The summed E-state index contributed by atoms with van der Waals surface area (Å²) in [6, 6.07) is 27.7. The first kappa shape index (κ1) is 25.8. The van der Waals surface area contributed by atoms with Crippen molar-refractivity contribution < 1.29 is 23.8 Å². The molecule has 0 atom stereocenters. The second-order valence-corrected chi connectivity index (χ2v) is 8.78. The third-order valence-electron chi connectivity index (χ3n) is 5.48. The monoisotopic (exact) mass is 560 g/mol. The zero-order valence-corrected chi connectivity index (χ0v) is 21.9. The van der Waals surface area contributed by atoms with Crippen molar-refractivity contribution in [3.05, 3.63) is 101 Å². The molecule has 7 nitrogen and oxygen atoms in total. The number of methoxy groups -OCH3 is 2. The van der Waals surface area contributed by atoms with E-state index in [2.05, 4.69) is 26.6 Å². The molecule has 4 aromatic rings. The van der Waals surface area contributed by atoms with Crippen molar-refractivity contribution in [3.63, 3.8) is 0 Å². The Kier molecular flexibility index (Phi) is 8.43. The molecule has 4 rings (SSSR count). The molecule has 0 aliphatic heterocycles. The van der Waals surface area contributed by atoms with Gasteiger partial charge in [-0.2, -0.15) is 0 Å². The van der Waals surface area contributed by atoms with E-state index in [9.17, 15) is 9.59 Å². The molecule has 0 saturated heterocycles. The van der Waals surface area contributed by atoms with E-state index in [1.165, 1.54) is 14.2 Å². The van der Waals surface area contributed by atoms with Crippen LogP contribution in [0.5, 0.6) is 17.2 Å². The molecule has 0 radical (unpaired) electrons. The molecule has 0 fully saturated rings. The summed E-state index contributed by atoms with van der Waals surface area (Å²) in [5.74, 6) is 0.570. The minimum atomic E-state index is -0.388. The topological polar surface area (TPSA) is 85.9 Å². The maximum absolute atomic E-state index is 12.7. The lowest BCUT2D eigenvalue weighted by Gasteiger charge is -2.16. The summed E-state index contributed by atoms with van der Waals surface area (Å²) in [6.45, 7) is -0.221. The van der Waals surface area contributed by atoms with Gasteiger partial charge in [-0.1, -0.05) is 54.6 Å². The number of benzene rings is 4. The first-order chi connectivity index (χ1) is 18.0. The normalized spacial score (nSPS) is 10.4. The average molecular weight is 561 g/mol. The molecule has 8 heteroatoms. The van der Waals surface area contributed by atoms with Gasteiger partial charge in [-0.3, -0.25) is 9.59 Å². The lowest BCUT2D eigenvalue weighted by atomic mass is 10.1. The van der Waals surface area contributed by atoms with Crippen LogP contribution in [0, 0.1) is 0 Å². The third kappa shape index (κ3) is 6.48. The molecule has 0 bridgehead atoms. The van der Waals surface area contributed by atoms with Crippen molar-refractivity contribution in [3.8, 4) is 28.4 Å². The van der Waals surface area contributed by atoms with Gasteiger partial charge in [-0.05, 0) is 51.3 Å². The fraction of sp³-hybridized carbons (Fsp3) is 0.103. The lowest BCUT2D eigenvalue weighted by molar-refractivity contribution is -0.118. The van der Waals surface area contributed by atoms with Gasteiger partial charge in [0.25, 0.3) is 11.8 Å². The van der Waals surface area contributed by atoms with E-state index in [1.54, 1.807) is 36.4 Å². The van der Waals surface area contributed by atoms with E-state index in [1.807, 2.05) is 54.6 Å². The zero-order chi connectivity index (χ0) is 26.2. The third-order valence-corrected chi connectivity index (χ3v) is 6.10. The predicted octanol–water partition coefficient (Wildman–Crippen LogP) is 6.40. The molecule has 0 aliphatic rings. The Hall–Kier alpha value is -4.30. The summed E-state index contributed by atoms with van der Waals surface area (Å²) >= 11 is 3.52. The molecular weight excluding hydrogens is 536 g/mol. The molecule has 4 aromatic carbocycles. The smallest absolute Gasteiger partial charge is 0.262 e. The highest BCUT2D eigenvalue weighted by Gasteiger charge is 2.17. The van der Waals surface area contributed by atoms with E-state index in [-0.39, 0.29) is 18.4 Å². The van der Waals surface area contributed by atoms with Crippen molar-refractivity contribution >= 4 is 39.1 Å². The molecule has 0 aromatic heterocycles. The minimum Gasteiger partial charge on any atom is -0.494 e. The fourth-order valence-corrected chi connectivity index (χ4v) is 4.13. The quantitative estimate of drug-likeness (QED) is 0.247. The van der Waals surface area contributed by atoms with Crippen molar-refractivity contribution in [2.45, 2.75) is 0 Å². The molecule has 188 valence electrons. The Labute approximate surface area is 223 Å². The van der Waals surface area contributed by atoms with Gasteiger partial charge in [0.1, 0.15) is 17.2 Å². The second-order valence-electron chi connectivity index (χ2n) is 7.92. The van der Waals surface area contributed by atoms with Gasteiger partial charge in [0.05, 0.1) is 30.1 Å². The number of rotatable bonds is 9. The summed E-state index contributed by atoms with van der Waals surface area (Å²) in [5, 5.41) is 5.59. The van der Waals surface area contributed by atoms with Gasteiger partial charge in [-0.25, -0.2) is 0 Å². The van der Waals surface area contributed by atoms with Gasteiger partial charge in [-0.15, -0.1) is 0 Å². The maximum atomic E-state index is 12.7. The summed E-state index contributed by atoms with van der Waals surface area (Å²) in [6.07, 6.45) is 0. The number of halogens is 1. The maximum Gasteiger partial charge on any atom is 0.262 e. The number of ether oxygens (including phenoxy) is 3. The molecule has 0 aliphatic carbocycles. The van der Waals surface area contributed by atoms with Crippen LogP contribution in [0.4, 0.5) is 11.4 Å². The van der Waals surface area contributed by atoms with Crippen LogP contribution in [0.25, 0.3) is 11.1 Å². The van der Waals surface area contributed by atoms with E-state index in [0.29, 0.717) is 34.2 Å². The van der Waals surface area contributed by atoms with Crippen molar-refractivity contribution in [2.75, 3.05) is 31.5 Å². The average Bonchev–Trinajstić information content (AvgIpc) is 2.93. The van der Waals surface area contributed by atoms with Crippen LogP contribution in [0.15, 0.2) is 95.5 Å². The Bertz CT molecular complexity index is 1390. The lowest BCUT2D eigenvalue weighted by Crippen LogP contribution is -2.21. The fourth-order valence-electron chi connectivity index (χ4n) is 3.63. The van der Waals surface area contributed by atoms with Crippen LogP contribution >= 0.6 is 15.9 Å². The van der Waals surface area contributed by atoms with Gasteiger partial charge in [0, 0.05) is 17.7 Å².